The summed E-state index contributed by atoms with van der Waals surface area (Å²) in [5.41, 5.74) is -4.35. The number of rotatable bonds is 8. The van der Waals surface area contributed by atoms with E-state index in [1.54, 1.807) is 18.2 Å². The summed E-state index contributed by atoms with van der Waals surface area (Å²) in [4.78, 5) is 39.2. The average Bonchev–Trinajstić information content (AvgIpc) is 3.15. The van der Waals surface area contributed by atoms with Crippen molar-refractivity contribution in [1.82, 2.24) is 5.32 Å². The molecule has 0 aliphatic carbocycles. The number of ketones is 2. The van der Waals surface area contributed by atoms with Crippen LogP contribution in [-0.2, 0) is 19.1 Å². The zero-order chi connectivity index (χ0) is 22.1. The van der Waals surface area contributed by atoms with Crippen LogP contribution in [0.1, 0.15) is 49.9 Å². The molecule has 4 unspecified atom stereocenters. The monoisotopic (exact) mass is 417 g/mol. The molecule has 8 heteroatoms. The molecule has 0 saturated carbocycles. The number of aliphatic hydroxyl groups is 2. The minimum Gasteiger partial charge on any atom is -0.467 e. The third-order valence-electron chi connectivity index (χ3n) is 5.80. The molecule has 2 aliphatic rings. The molecule has 1 saturated heterocycles. The Kier molecular flexibility index (Phi) is 6.12. The van der Waals surface area contributed by atoms with Crippen LogP contribution in [0.5, 0.6) is 0 Å². The maximum Gasteiger partial charge on any atom is 0.278 e. The van der Waals surface area contributed by atoms with E-state index in [0.29, 0.717) is 12.8 Å². The smallest absolute Gasteiger partial charge is 0.278 e. The molecule has 2 heterocycles. The number of carbonyl (C=O) groups is 3. The topological polar surface area (TPSA) is 122 Å². The Balaban J connectivity index is 1.94. The normalized spacial score (nSPS) is 29.3. The molecule has 1 amide bonds. The Bertz CT molecular complexity index is 881. The molecular formula is C22H27NO7. The third kappa shape index (κ3) is 3.15. The fraction of sp³-hybridized carbons (Fsp3) is 0.500. The van der Waals surface area contributed by atoms with E-state index >= 15 is 0 Å². The standard InChI is InChI=1S/C22H27NO7/c1-4-5-7-12-15(24)16-13(2)17(25)21(30-16)19(27)22(29-3,23-20(21)28)18(26)14-10-8-6-9-11-14/h6,8-11,15,19,24,27H,4-5,7,12H2,1-3H3,(H,23,28). The van der Waals surface area contributed by atoms with E-state index in [4.69, 9.17) is 9.47 Å². The Morgan fingerprint density at radius 3 is 2.53 bits per heavy atom. The number of unbranched alkanes of at least 4 members (excludes halogenated alkanes) is 2. The lowest BCUT2D eigenvalue weighted by Crippen LogP contribution is -2.60. The maximum absolute atomic E-state index is 13.1. The molecule has 4 atom stereocenters. The van der Waals surface area contributed by atoms with E-state index in [1.807, 2.05) is 6.92 Å². The first-order valence-corrected chi connectivity index (χ1v) is 10.0. The summed E-state index contributed by atoms with van der Waals surface area (Å²) < 4.78 is 11.0. The second kappa shape index (κ2) is 8.29. The van der Waals surface area contributed by atoms with Gasteiger partial charge in [-0.15, -0.1) is 0 Å². The summed E-state index contributed by atoms with van der Waals surface area (Å²) in [6.45, 7) is 3.45. The molecular weight excluding hydrogens is 390 g/mol. The number of amides is 1. The lowest BCUT2D eigenvalue weighted by atomic mass is 9.85. The second-order valence-electron chi connectivity index (χ2n) is 7.66. The summed E-state index contributed by atoms with van der Waals surface area (Å²) in [5, 5.41) is 24.0. The highest BCUT2D eigenvalue weighted by molar-refractivity contribution is 6.23. The Hall–Kier alpha value is -2.55. The summed E-state index contributed by atoms with van der Waals surface area (Å²) in [5.74, 6) is -2.54. The lowest BCUT2D eigenvalue weighted by Gasteiger charge is -2.32. The number of hydrogen-bond acceptors (Lipinski definition) is 7. The van der Waals surface area contributed by atoms with Gasteiger partial charge in [0.1, 0.15) is 11.9 Å². The Labute approximate surface area is 174 Å². The first-order chi connectivity index (χ1) is 14.3. The lowest BCUT2D eigenvalue weighted by molar-refractivity contribution is -0.162. The molecule has 0 bridgehead atoms. The summed E-state index contributed by atoms with van der Waals surface area (Å²) in [6, 6.07) is 7.99. The van der Waals surface area contributed by atoms with Gasteiger partial charge < -0.3 is 25.0 Å². The first kappa shape index (κ1) is 22.1. The number of Topliss-reactive ketones (excluding diaryl/α,β-unsaturated/α-hetero) is 2. The van der Waals surface area contributed by atoms with Crippen molar-refractivity contribution in [2.45, 2.75) is 63.1 Å². The molecule has 3 rings (SSSR count). The van der Waals surface area contributed by atoms with Gasteiger partial charge in [0.05, 0.1) is 0 Å². The van der Waals surface area contributed by atoms with Gasteiger partial charge in [0, 0.05) is 18.2 Å². The molecule has 8 nitrogen and oxygen atoms in total. The van der Waals surface area contributed by atoms with Gasteiger partial charge in [-0.1, -0.05) is 56.5 Å². The quantitative estimate of drug-likeness (QED) is 0.331. The molecule has 1 aromatic carbocycles. The van der Waals surface area contributed by atoms with Crippen LogP contribution in [0.15, 0.2) is 41.7 Å². The van der Waals surface area contributed by atoms with Crippen LogP contribution in [0.4, 0.5) is 0 Å². The predicted molar refractivity (Wildman–Crippen MR) is 106 cm³/mol. The first-order valence-electron chi connectivity index (χ1n) is 10.0. The summed E-state index contributed by atoms with van der Waals surface area (Å²) in [6.07, 6.45) is -0.153. The van der Waals surface area contributed by atoms with Crippen LogP contribution >= 0.6 is 0 Å². The minimum atomic E-state index is -2.38. The Morgan fingerprint density at radius 2 is 1.93 bits per heavy atom. The molecule has 2 aliphatic heterocycles. The van der Waals surface area contributed by atoms with Crippen LogP contribution in [0.3, 0.4) is 0 Å². The number of hydrogen-bond donors (Lipinski definition) is 3. The zero-order valence-electron chi connectivity index (χ0n) is 17.3. The van der Waals surface area contributed by atoms with Crippen molar-refractivity contribution in [3.05, 3.63) is 47.2 Å². The van der Waals surface area contributed by atoms with E-state index in [-0.39, 0.29) is 16.9 Å². The third-order valence-corrected chi connectivity index (χ3v) is 5.80. The van der Waals surface area contributed by atoms with E-state index in [9.17, 15) is 24.6 Å². The van der Waals surface area contributed by atoms with E-state index in [2.05, 4.69) is 5.32 Å². The SMILES string of the molecule is CCCCCC(O)C1=C(C)C(=O)C2(O1)C(=O)NC(OC)(C(=O)c1ccccc1)C2O. The maximum atomic E-state index is 13.1. The van der Waals surface area contributed by atoms with E-state index in [1.165, 1.54) is 19.1 Å². The van der Waals surface area contributed by atoms with Crippen molar-refractivity contribution in [2.24, 2.45) is 0 Å². The molecule has 0 radical (unpaired) electrons. The Morgan fingerprint density at radius 1 is 1.27 bits per heavy atom. The van der Waals surface area contributed by atoms with E-state index in [0.717, 1.165) is 20.0 Å². The highest BCUT2D eigenvalue weighted by atomic mass is 16.6. The van der Waals surface area contributed by atoms with Crippen LogP contribution in [0.2, 0.25) is 0 Å². The number of ether oxygens (including phenoxy) is 2. The number of methoxy groups -OCH3 is 1. The fourth-order valence-electron chi connectivity index (χ4n) is 4.03. The second-order valence-corrected chi connectivity index (χ2v) is 7.66. The number of benzene rings is 1. The van der Waals surface area contributed by atoms with Gasteiger partial charge in [-0.05, 0) is 13.3 Å². The van der Waals surface area contributed by atoms with Gasteiger partial charge in [0.2, 0.25) is 17.3 Å². The predicted octanol–water partition coefficient (Wildman–Crippen LogP) is 1.26. The van der Waals surface area contributed by atoms with Gasteiger partial charge in [-0.2, -0.15) is 0 Å². The van der Waals surface area contributed by atoms with Gasteiger partial charge in [0.15, 0.2) is 6.10 Å². The van der Waals surface area contributed by atoms with Gasteiger partial charge in [-0.3, -0.25) is 14.4 Å². The average molecular weight is 417 g/mol. The van der Waals surface area contributed by atoms with E-state index < -0.39 is 41.0 Å². The van der Waals surface area contributed by atoms with Crippen molar-refractivity contribution in [3.8, 4) is 0 Å². The molecule has 30 heavy (non-hydrogen) atoms. The molecule has 162 valence electrons. The fourth-order valence-corrected chi connectivity index (χ4v) is 4.03. The molecule has 0 aromatic heterocycles. The van der Waals surface area contributed by atoms with Crippen molar-refractivity contribution >= 4 is 17.5 Å². The van der Waals surface area contributed by atoms with Gasteiger partial charge in [0.25, 0.3) is 11.5 Å². The molecule has 1 aromatic rings. The van der Waals surface area contributed by atoms with Crippen molar-refractivity contribution in [2.75, 3.05) is 7.11 Å². The largest absolute Gasteiger partial charge is 0.467 e. The molecule has 3 N–H and O–H groups in total. The highest BCUT2D eigenvalue weighted by Gasteiger charge is 2.74. The zero-order valence-corrected chi connectivity index (χ0v) is 17.3. The van der Waals surface area contributed by atoms with Gasteiger partial charge in [-0.25, -0.2) is 0 Å². The van der Waals surface area contributed by atoms with Crippen LogP contribution in [0, 0.1) is 0 Å². The van der Waals surface area contributed by atoms with Crippen molar-refractivity contribution in [1.29, 1.82) is 0 Å². The molecule has 1 spiro atoms. The highest BCUT2D eigenvalue weighted by Crippen LogP contribution is 2.44. The summed E-state index contributed by atoms with van der Waals surface area (Å²) in [7, 11) is 1.16. The van der Waals surface area contributed by atoms with Crippen LogP contribution in [-0.4, -0.2) is 58.3 Å². The van der Waals surface area contributed by atoms with Crippen molar-refractivity contribution < 1.29 is 34.1 Å². The van der Waals surface area contributed by atoms with Gasteiger partial charge >= 0.3 is 0 Å². The number of carbonyl (C=O) groups excluding carboxylic acids is 3. The summed E-state index contributed by atoms with van der Waals surface area (Å²) >= 11 is 0. The van der Waals surface area contributed by atoms with Crippen molar-refractivity contribution in [3.63, 3.8) is 0 Å². The number of aliphatic hydroxyl groups excluding tert-OH is 2. The number of nitrogens with one attached hydrogen (secondary N) is 1. The van der Waals surface area contributed by atoms with Crippen LogP contribution in [0.25, 0.3) is 0 Å². The molecule has 1 fully saturated rings. The minimum absolute atomic E-state index is 0.0484. The van der Waals surface area contributed by atoms with Crippen LogP contribution < -0.4 is 5.32 Å².